The van der Waals surface area contributed by atoms with Gasteiger partial charge in [-0.2, -0.15) is 0 Å². The minimum Gasteiger partial charge on any atom is -0.360 e. The topological polar surface area (TPSA) is 77.0 Å². The molecule has 7 nitrogen and oxygen atoms in total. The Kier molecular flexibility index (Phi) is 5.11. The van der Waals surface area contributed by atoms with Crippen molar-refractivity contribution in [3.63, 3.8) is 0 Å². The predicted molar refractivity (Wildman–Crippen MR) is 101 cm³/mol. The van der Waals surface area contributed by atoms with Gasteiger partial charge < -0.3 is 4.52 Å². The smallest absolute Gasteiger partial charge is 0.253 e. The first-order chi connectivity index (χ1) is 13.2. The summed E-state index contributed by atoms with van der Waals surface area (Å²) in [5, 5.41) is 3.94. The molecule has 0 unspecified atom stereocenters. The van der Waals surface area contributed by atoms with Crippen LogP contribution in [0.3, 0.4) is 0 Å². The molecule has 0 aliphatic carbocycles. The second-order valence-corrected chi connectivity index (χ2v) is 7.15. The molecule has 0 amide bonds. The van der Waals surface area contributed by atoms with Crippen LogP contribution in [-0.4, -0.2) is 37.7 Å². The van der Waals surface area contributed by atoms with Crippen LogP contribution in [0.25, 0.3) is 11.3 Å². The Balaban J connectivity index is 1.34. The van der Waals surface area contributed by atoms with E-state index in [9.17, 15) is 4.79 Å². The van der Waals surface area contributed by atoms with E-state index in [1.807, 2.05) is 25.1 Å². The van der Waals surface area contributed by atoms with Gasteiger partial charge in [-0.05, 0) is 50.9 Å². The summed E-state index contributed by atoms with van der Waals surface area (Å²) in [5.74, 6) is 1.40. The summed E-state index contributed by atoms with van der Waals surface area (Å²) < 4.78 is 7.03. The van der Waals surface area contributed by atoms with Crippen molar-refractivity contribution < 1.29 is 4.52 Å². The molecule has 0 aromatic carbocycles. The van der Waals surface area contributed by atoms with Crippen molar-refractivity contribution in [3.05, 3.63) is 64.8 Å². The number of nitrogens with zero attached hydrogens (tertiary/aromatic N) is 5. The van der Waals surface area contributed by atoms with E-state index in [0.717, 1.165) is 56.0 Å². The van der Waals surface area contributed by atoms with Crippen molar-refractivity contribution in [1.82, 2.24) is 24.6 Å². The fraction of sp³-hybridized carbons (Fsp3) is 0.400. The molecule has 3 aromatic heterocycles. The summed E-state index contributed by atoms with van der Waals surface area (Å²) >= 11 is 0. The summed E-state index contributed by atoms with van der Waals surface area (Å²) in [6.45, 7) is 5.46. The SMILES string of the molecule is Cc1cc(CN2CCC(Cn3cnc(-c4ccncc4)cc3=O)CC2)on1. The summed E-state index contributed by atoms with van der Waals surface area (Å²) in [6, 6.07) is 7.31. The van der Waals surface area contributed by atoms with E-state index in [1.54, 1.807) is 29.4 Å². The molecule has 7 heteroatoms. The number of piperidine rings is 1. The van der Waals surface area contributed by atoms with E-state index in [-0.39, 0.29) is 5.56 Å². The van der Waals surface area contributed by atoms with Gasteiger partial charge in [-0.3, -0.25) is 19.2 Å². The lowest BCUT2D eigenvalue weighted by molar-refractivity contribution is 0.152. The van der Waals surface area contributed by atoms with Gasteiger partial charge in [-0.1, -0.05) is 5.16 Å². The molecule has 0 bridgehead atoms. The molecule has 1 aliphatic heterocycles. The monoisotopic (exact) mass is 365 g/mol. The van der Waals surface area contributed by atoms with Gasteiger partial charge >= 0.3 is 0 Å². The number of likely N-dealkylation sites (tertiary alicyclic amines) is 1. The molecule has 0 radical (unpaired) electrons. The van der Waals surface area contributed by atoms with Gasteiger partial charge in [-0.15, -0.1) is 0 Å². The molecule has 1 fully saturated rings. The number of aryl methyl sites for hydroxylation is 1. The molecule has 0 atom stereocenters. The minimum absolute atomic E-state index is 0.00335. The first kappa shape index (κ1) is 17.6. The van der Waals surface area contributed by atoms with Crippen molar-refractivity contribution >= 4 is 0 Å². The van der Waals surface area contributed by atoms with E-state index < -0.39 is 0 Å². The van der Waals surface area contributed by atoms with Crippen LogP contribution in [-0.2, 0) is 13.1 Å². The van der Waals surface area contributed by atoms with Gasteiger partial charge in [-0.25, -0.2) is 4.98 Å². The second-order valence-electron chi connectivity index (χ2n) is 7.15. The molecule has 1 aliphatic rings. The van der Waals surface area contributed by atoms with Crippen molar-refractivity contribution in [1.29, 1.82) is 0 Å². The Labute approximate surface area is 157 Å². The molecular weight excluding hydrogens is 342 g/mol. The number of aromatic nitrogens is 4. The molecule has 4 rings (SSSR count). The summed E-state index contributed by atoms with van der Waals surface area (Å²) in [6.07, 6.45) is 7.20. The molecule has 0 N–H and O–H groups in total. The molecule has 0 saturated carbocycles. The van der Waals surface area contributed by atoms with E-state index in [0.29, 0.717) is 11.6 Å². The molecule has 27 heavy (non-hydrogen) atoms. The van der Waals surface area contributed by atoms with Crippen LogP contribution in [0, 0.1) is 12.8 Å². The lowest BCUT2D eigenvalue weighted by Gasteiger charge is -2.31. The quantitative estimate of drug-likeness (QED) is 0.691. The largest absolute Gasteiger partial charge is 0.360 e. The van der Waals surface area contributed by atoms with E-state index in [4.69, 9.17) is 4.52 Å². The number of hydrogen-bond acceptors (Lipinski definition) is 6. The van der Waals surface area contributed by atoms with Crippen LogP contribution in [0.15, 0.2) is 52.3 Å². The van der Waals surface area contributed by atoms with Gasteiger partial charge in [0.2, 0.25) is 0 Å². The zero-order valence-electron chi connectivity index (χ0n) is 15.4. The third kappa shape index (κ3) is 4.31. The fourth-order valence-corrected chi connectivity index (χ4v) is 3.56. The maximum atomic E-state index is 12.5. The third-order valence-electron chi connectivity index (χ3n) is 5.07. The number of rotatable bonds is 5. The zero-order valence-corrected chi connectivity index (χ0v) is 15.4. The highest BCUT2D eigenvalue weighted by atomic mass is 16.5. The number of hydrogen-bond donors (Lipinski definition) is 0. The second kappa shape index (κ2) is 7.84. The van der Waals surface area contributed by atoms with Gasteiger partial charge in [0.25, 0.3) is 5.56 Å². The third-order valence-corrected chi connectivity index (χ3v) is 5.07. The van der Waals surface area contributed by atoms with Crippen molar-refractivity contribution in [2.75, 3.05) is 13.1 Å². The normalized spacial score (nSPS) is 15.9. The van der Waals surface area contributed by atoms with Gasteiger partial charge in [0.15, 0.2) is 5.76 Å². The summed E-state index contributed by atoms with van der Waals surface area (Å²) in [4.78, 5) is 23.3. The highest BCUT2D eigenvalue weighted by molar-refractivity contribution is 5.57. The van der Waals surface area contributed by atoms with Crippen LogP contribution in [0.1, 0.15) is 24.3 Å². The first-order valence-corrected chi connectivity index (χ1v) is 9.29. The average Bonchev–Trinajstić information content (AvgIpc) is 3.10. The standard InChI is InChI=1S/C20H23N5O2/c1-15-10-18(27-23-15)13-24-8-4-16(5-9-24)12-25-14-22-19(11-20(25)26)17-2-6-21-7-3-17/h2-3,6-7,10-11,14,16H,4-5,8-9,12-13H2,1H3. The molecule has 0 spiro atoms. The molecule has 140 valence electrons. The van der Waals surface area contributed by atoms with Crippen molar-refractivity contribution in [3.8, 4) is 11.3 Å². The molecule has 1 saturated heterocycles. The predicted octanol–water partition coefficient (Wildman–Crippen LogP) is 2.51. The van der Waals surface area contributed by atoms with Gasteiger partial charge in [0.1, 0.15) is 0 Å². The fourth-order valence-electron chi connectivity index (χ4n) is 3.56. The van der Waals surface area contributed by atoms with Crippen LogP contribution in [0.4, 0.5) is 0 Å². The van der Waals surface area contributed by atoms with E-state index >= 15 is 0 Å². The van der Waals surface area contributed by atoms with Crippen molar-refractivity contribution in [2.24, 2.45) is 5.92 Å². The Bertz CT molecular complexity index is 942. The Hall–Kier alpha value is -2.80. The van der Waals surface area contributed by atoms with Crippen molar-refractivity contribution in [2.45, 2.75) is 32.9 Å². The maximum absolute atomic E-state index is 12.5. The zero-order chi connectivity index (χ0) is 18.6. The van der Waals surface area contributed by atoms with Crippen LogP contribution in [0.2, 0.25) is 0 Å². The Morgan fingerprint density at radius 1 is 1.19 bits per heavy atom. The highest BCUT2D eigenvalue weighted by Gasteiger charge is 2.21. The lowest BCUT2D eigenvalue weighted by Crippen LogP contribution is -2.35. The van der Waals surface area contributed by atoms with Crippen LogP contribution < -0.4 is 5.56 Å². The lowest BCUT2D eigenvalue weighted by atomic mass is 9.96. The highest BCUT2D eigenvalue weighted by Crippen LogP contribution is 2.21. The Morgan fingerprint density at radius 2 is 1.96 bits per heavy atom. The van der Waals surface area contributed by atoms with Gasteiger partial charge in [0, 0.05) is 36.6 Å². The summed E-state index contributed by atoms with van der Waals surface area (Å²) in [5.41, 5.74) is 2.51. The Morgan fingerprint density at radius 3 is 2.63 bits per heavy atom. The van der Waals surface area contributed by atoms with E-state index in [2.05, 4.69) is 20.0 Å². The van der Waals surface area contributed by atoms with E-state index in [1.165, 1.54) is 0 Å². The average molecular weight is 365 g/mol. The maximum Gasteiger partial charge on any atom is 0.253 e. The molecular formula is C20H23N5O2. The molecule has 3 aromatic rings. The van der Waals surface area contributed by atoms with Gasteiger partial charge in [0.05, 0.1) is 24.3 Å². The van der Waals surface area contributed by atoms with Crippen LogP contribution in [0.5, 0.6) is 0 Å². The first-order valence-electron chi connectivity index (χ1n) is 9.29. The molecule has 4 heterocycles. The minimum atomic E-state index is -0.00335. The summed E-state index contributed by atoms with van der Waals surface area (Å²) in [7, 11) is 0. The number of pyridine rings is 1. The van der Waals surface area contributed by atoms with Crippen LogP contribution >= 0.6 is 0 Å².